The predicted octanol–water partition coefficient (Wildman–Crippen LogP) is 2.41. The van der Waals surface area contributed by atoms with E-state index in [0.717, 1.165) is 11.1 Å². The number of benzene rings is 2. The van der Waals surface area contributed by atoms with E-state index in [1.165, 1.54) is 7.11 Å². The Morgan fingerprint density at radius 1 is 1.09 bits per heavy atom. The van der Waals surface area contributed by atoms with Crippen LogP contribution in [0.1, 0.15) is 38.8 Å². The summed E-state index contributed by atoms with van der Waals surface area (Å²) in [6.45, 7) is 0. The number of nitrogens with zero attached hydrogens (tertiary/aromatic N) is 5. The summed E-state index contributed by atoms with van der Waals surface area (Å²) in [6.07, 6.45) is 3.74. The maximum atomic E-state index is 12.6. The largest absolute Gasteiger partial charge is 0.465 e. The van der Waals surface area contributed by atoms with Gasteiger partial charge >= 0.3 is 5.97 Å². The van der Waals surface area contributed by atoms with Gasteiger partial charge in [0.2, 0.25) is 5.95 Å². The molecule has 4 aromatic rings. The van der Waals surface area contributed by atoms with Crippen LogP contribution in [0.3, 0.4) is 0 Å². The molecule has 3 heterocycles. The molecule has 10 heteroatoms. The molecule has 0 unspecified atom stereocenters. The molecular formula is C22H17N7O3. The number of tetrazole rings is 1. The van der Waals surface area contributed by atoms with Crippen LogP contribution < -0.4 is 10.9 Å². The maximum Gasteiger partial charge on any atom is 0.337 e. The second kappa shape index (κ2) is 7.91. The normalized spacial score (nSPS) is 14.5. The Morgan fingerprint density at radius 3 is 2.62 bits per heavy atom. The summed E-state index contributed by atoms with van der Waals surface area (Å²) in [4.78, 5) is 24.5. The highest BCUT2D eigenvalue weighted by Crippen LogP contribution is 2.38. The second-order valence-corrected chi connectivity index (χ2v) is 7.06. The fraction of sp³-hybridized carbons (Fsp3) is 0.0909. The first kappa shape index (κ1) is 19.4. The van der Waals surface area contributed by atoms with E-state index in [9.17, 15) is 9.59 Å². The maximum absolute atomic E-state index is 12.6. The van der Waals surface area contributed by atoms with Crippen molar-refractivity contribution in [2.24, 2.45) is 0 Å². The van der Waals surface area contributed by atoms with Crippen molar-refractivity contribution in [3.8, 4) is 0 Å². The highest BCUT2D eigenvalue weighted by atomic mass is 16.5. The zero-order valence-corrected chi connectivity index (χ0v) is 16.9. The summed E-state index contributed by atoms with van der Waals surface area (Å²) in [5.74, 6) is -0.107. The highest BCUT2D eigenvalue weighted by molar-refractivity contribution is 5.89. The molecule has 32 heavy (non-hydrogen) atoms. The summed E-state index contributed by atoms with van der Waals surface area (Å²) in [6, 6.07) is 16.1. The van der Waals surface area contributed by atoms with Crippen LogP contribution in [0.5, 0.6) is 0 Å². The van der Waals surface area contributed by atoms with Crippen LogP contribution in [-0.2, 0) is 4.74 Å². The molecule has 0 amide bonds. The van der Waals surface area contributed by atoms with Crippen LogP contribution in [0, 0.1) is 0 Å². The molecule has 10 nitrogen and oxygen atoms in total. The van der Waals surface area contributed by atoms with E-state index < -0.39 is 12.0 Å². The number of aromatic amines is 1. The Balaban J connectivity index is 1.66. The van der Waals surface area contributed by atoms with Crippen molar-refractivity contribution in [3.63, 3.8) is 0 Å². The van der Waals surface area contributed by atoms with Crippen molar-refractivity contribution in [2.75, 3.05) is 12.4 Å². The van der Waals surface area contributed by atoms with Crippen LogP contribution in [0.4, 0.5) is 11.6 Å². The van der Waals surface area contributed by atoms with Crippen molar-refractivity contribution in [2.45, 2.75) is 6.04 Å². The number of rotatable bonds is 4. The van der Waals surface area contributed by atoms with E-state index >= 15 is 0 Å². The Hall–Kier alpha value is -4.60. The molecule has 2 aromatic carbocycles. The van der Waals surface area contributed by atoms with Crippen molar-refractivity contribution in [1.29, 1.82) is 0 Å². The minimum absolute atomic E-state index is 0.317. The predicted molar refractivity (Wildman–Crippen MR) is 116 cm³/mol. The number of hydrogen-bond acceptors (Lipinski definition) is 8. The lowest BCUT2D eigenvalue weighted by atomic mass is 9.94. The Morgan fingerprint density at radius 2 is 1.88 bits per heavy atom. The molecule has 1 aliphatic heterocycles. The zero-order valence-electron chi connectivity index (χ0n) is 16.9. The summed E-state index contributed by atoms with van der Waals surface area (Å²) in [5.41, 5.74) is 3.27. The lowest BCUT2D eigenvalue weighted by Crippen LogP contribution is -2.29. The number of esters is 1. The monoisotopic (exact) mass is 427 g/mol. The van der Waals surface area contributed by atoms with Crippen LogP contribution in [-0.4, -0.2) is 43.5 Å². The number of fused-ring (bicyclic) bond motifs is 2. The first-order valence-corrected chi connectivity index (χ1v) is 9.74. The summed E-state index contributed by atoms with van der Waals surface area (Å²) >= 11 is 0. The number of aromatic nitrogens is 6. The molecule has 1 atom stereocenters. The van der Waals surface area contributed by atoms with Gasteiger partial charge in [-0.3, -0.25) is 4.79 Å². The summed E-state index contributed by atoms with van der Waals surface area (Å²) in [7, 11) is 1.33. The number of ether oxygens (including phenoxy) is 1. The van der Waals surface area contributed by atoms with Gasteiger partial charge in [0.1, 0.15) is 11.7 Å². The smallest absolute Gasteiger partial charge is 0.337 e. The molecule has 0 spiro atoms. The van der Waals surface area contributed by atoms with E-state index in [2.05, 4.69) is 31.0 Å². The van der Waals surface area contributed by atoms with Gasteiger partial charge in [0.05, 0.1) is 18.4 Å². The van der Waals surface area contributed by atoms with Gasteiger partial charge in [-0.15, -0.1) is 0 Å². The SMILES string of the molecule is COC(=O)c1ccc([C@H]2c3c(/C=C/c4ccccc4)n[nH]c(=O)c3Nc3nnnn32)cc1. The van der Waals surface area contributed by atoms with E-state index in [0.29, 0.717) is 28.5 Å². The first-order valence-electron chi connectivity index (χ1n) is 9.74. The van der Waals surface area contributed by atoms with Gasteiger partial charge in [0.15, 0.2) is 0 Å². The molecule has 0 aliphatic carbocycles. The number of carbonyl (C=O) groups is 1. The molecular weight excluding hydrogens is 410 g/mol. The van der Waals surface area contributed by atoms with Gasteiger partial charge in [-0.1, -0.05) is 53.6 Å². The van der Waals surface area contributed by atoms with E-state index in [1.54, 1.807) is 28.9 Å². The fourth-order valence-corrected chi connectivity index (χ4v) is 3.66. The molecule has 0 fully saturated rings. The summed E-state index contributed by atoms with van der Waals surface area (Å²) < 4.78 is 6.36. The van der Waals surface area contributed by atoms with Gasteiger partial charge in [-0.05, 0) is 39.8 Å². The van der Waals surface area contributed by atoms with E-state index in [1.807, 2.05) is 42.5 Å². The molecule has 0 bridgehead atoms. The lowest BCUT2D eigenvalue weighted by molar-refractivity contribution is 0.0600. The Labute approximate surface area is 181 Å². The van der Waals surface area contributed by atoms with Crippen molar-refractivity contribution >= 4 is 29.8 Å². The zero-order chi connectivity index (χ0) is 22.1. The third-order valence-electron chi connectivity index (χ3n) is 5.18. The average Bonchev–Trinajstić information content (AvgIpc) is 3.31. The quantitative estimate of drug-likeness (QED) is 0.419. The van der Waals surface area contributed by atoms with Gasteiger partial charge in [0, 0.05) is 5.56 Å². The Bertz CT molecular complexity index is 1370. The molecule has 1 aliphatic rings. The van der Waals surface area contributed by atoms with Gasteiger partial charge in [-0.25, -0.2) is 9.89 Å². The minimum atomic E-state index is -0.534. The molecule has 0 saturated heterocycles. The number of nitrogens with one attached hydrogen (secondary N) is 2. The molecule has 158 valence electrons. The van der Waals surface area contributed by atoms with Crippen LogP contribution >= 0.6 is 0 Å². The van der Waals surface area contributed by atoms with E-state index in [4.69, 9.17) is 4.74 Å². The highest BCUT2D eigenvalue weighted by Gasteiger charge is 2.33. The number of methoxy groups -OCH3 is 1. The number of anilines is 2. The third-order valence-corrected chi connectivity index (χ3v) is 5.18. The van der Waals surface area contributed by atoms with Crippen molar-refractivity contribution < 1.29 is 9.53 Å². The first-order chi connectivity index (χ1) is 15.7. The van der Waals surface area contributed by atoms with Crippen LogP contribution in [0.15, 0.2) is 59.4 Å². The van der Waals surface area contributed by atoms with Crippen LogP contribution in [0.2, 0.25) is 0 Å². The summed E-state index contributed by atoms with van der Waals surface area (Å²) in [5, 5.41) is 21.7. The molecule has 0 radical (unpaired) electrons. The van der Waals surface area contributed by atoms with Crippen LogP contribution in [0.25, 0.3) is 12.2 Å². The molecule has 5 rings (SSSR count). The molecule has 2 N–H and O–H groups in total. The van der Waals surface area contributed by atoms with Gasteiger partial charge in [0.25, 0.3) is 5.56 Å². The number of hydrogen-bond donors (Lipinski definition) is 2. The number of H-pyrrole nitrogens is 1. The molecule has 0 saturated carbocycles. The van der Waals surface area contributed by atoms with E-state index in [-0.39, 0.29) is 5.56 Å². The fourth-order valence-electron chi connectivity index (χ4n) is 3.66. The third kappa shape index (κ3) is 3.33. The van der Waals surface area contributed by atoms with Gasteiger partial charge in [-0.2, -0.15) is 9.78 Å². The number of carbonyl (C=O) groups excluding carboxylic acids is 1. The van der Waals surface area contributed by atoms with Crippen molar-refractivity contribution in [3.05, 3.63) is 92.9 Å². The molecule has 2 aromatic heterocycles. The van der Waals surface area contributed by atoms with Crippen molar-refractivity contribution in [1.82, 2.24) is 30.4 Å². The average molecular weight is 427 g/mol. The minimum Gasteiger partial charge on any atom is -0.465 e. The lowest BCUT2D eigenvalue weighted by Gasteiger charge is -2.27. The van der Waals surface area contributed by atoms with Gasteiger partial charge < -0.3 is 10.1 Å². The Kier molecular flexibility index (Phi) is 4.79. The topological polar surface area (TPSA) is 128 Å². The second-order valence-electron chi connectivity index (χ2n) is 7.06. The standard InChI is InChI=1S/C22H17N7O3/c1-32-21(31)15-10-8-14(9-11-15)19-17-16(12-7-13-5-3-2-4-6-13)24-25-20(30)18(17)23-22-26-27-28-29(19)22/h2-12,19H,1H3,(H,25,30)(H,23,26,28)/b12-7+/t19-/m0/s1.